The number of hydrogen-bond acceptors (Lipinski definition) is 4. The molecule has 0 aliphatic carbocycles. The van der Waals surface area contributed by atoms with Gasteiger partial charge in [0.25, 0.3) is 5.78 Å². The molecule has 0 saturated heterocycles. The molecule has 0 radical (unpaired) electrons. The van der Waals surface area contributed by atoms with E-state index in [0.29, 0.717) is 12.2 Å². The number of benzene rings is 1. The van der Waals surface area contributed by atoms with Crippen molar-refractivity contribution in [2.75, 3.05) is 13.7 Å². The molecule has 0 aliphatic rings. The van der Waals surface area contributed by atoms with Crippen LogP contribution in [0.25, 0.3) is 0 Å². The van der Waals surface area contributed by atoms with Crippen LogP contribution >= 0.6 is 0 Å². The van der Waals surface area contributed by atoms with Crippen LogP contribution < -0.4 is 0 Å². The summed E-state index contributed by atoms with van der Waals surface area (Å²) in [7, 11) is 1.59. The molecule has 4 heteroatoms. The van der Waals surface area contributed by atoms with Gasteiger partial charge in [-0.15, -0.1) is 0 Å². The van der Waals surface area contributed by atoms with Crippen molar-refractivity contribution in [3.05, 3.63) is 35.4 Å². The van der Waals surface area contributed by atoms with E-state index in [9.17, 15) is 9.59 Å². The Labute approximate surface area is 94.2 Å². The molecule has 0 heterocycles. The first-order valence-electron chi connectivity index (χ1n) is 4.98. The lowest BCUT2D eigenvalue weighted by molar-refractivity contribution is -0.137. The van der Waals surface area contributed by atoms with Gasteiger partial charge in [0.05, 0.1) is 13.2 Å². The molecule has 1 aromatic carbocycles. The van der Waals surface area contributed by atoms with Crippen LogP contribution in [-0.2, 0) is 20.9 Å². The second kappa shape index (κ2) is 6.02. The second-order valence-corrected chi connectivity index (χ2v) is 3.18. The molecule has 0 bridgehead atoms. The Bertz CT molecular complexity index is 367. The molecule has 0 spiro atoms. The van der Waals surface area contributed by atoms with Gasteiger partial charge < -0.3 is 9.47 Å². The third-order valence-electron chi connectivity index (χ3n) is 1.99. The maximum atomic E-state index is 11.5. The fourth-order valence-corrected chi connectivity index (χ4v) is 1.23. The van der Waals surface area contributed by atoms with Crippen LogP contribution in [0.1, 0.15) is 22.8 Å². The first-order valence-corrected chi connectivity index (χ1v) is 4.98. The Balaban J connectivity index is 2.73. The molecule has 0 atom stereocenters. The Morgan fingerprint density at radius 3 is 2.31 bits per heavy atom. The zero-order valence-corrected chi connectivity index (χ0v) is 9.36. The summed E-state index contributed by atoms with van der Waals surface area (Å²) >= 11 is 0. The Morgan fingerprint density at radius 2 is 1.81 bits per heavy atom. The van der Waals surface area contributed by atoms with Crippen LogP contribution in [0.2, 0.25) is 0 Å². The van der Waals surface area contributed by atoms with Gasteiger partial charge >= 0.3 is 5.97 Å². The van der Waals surface area contributed by atoms with Crippen molar-refractivity contribution < 1.29 is 19.1 Å². The third-order valence-corrected chi connectivity index (χ3v) is 1.99. The van der Waals surface area contributed by atoms with Crippen LogP contribution in [0.15, 0.2) is 24.3 Å². The highest BCUT2D eigenvalue weighted by molar-refractivity contribution is 6.40. The van der Waals surface area contributed by atoms with Gasteiger partial charge in [-0.05, 0) is 12.5 Å². The van der Waals surface area contributed by atoms with E-state index >= 15 is 0 Å². The van der Waals surface area contributed by atoms with Crippen molar-refractivity contribution in [3.63, 3.8) is 0 Å². The van der Waals surface area contributed by atoms with E-state index < -0.39 is 11.8 Å². The number of rotatable bonds is 5. The van der Waals surface area contributed by atoms with E-state index in [2.05, 4.69) is 4.74 Å². The summed E-state index contributed by atoms with van der Waals surface area (Å²) in [4.78, 5) is 22.7. The van der Waals surface area contributed by atoms with Gasteiger partial charge in [-0.2, -0.15) is 0 Å². The van der Waals surface area contributed by atoms with E-state index in [1.807, 2.05) is 0 Å². The number of methoxy groups -OCH3 is 1. The molecule has 86 valence electrons. The molecular formula is C12H14O4. The fourth-order valence-electron chi connectivity index (χ4n) is 1.23. The topological polar surface area (TPSA) is 52.6 Å². The number of esters is 1. The van der Waals surface area contributed by atoms with Gasteiger partial charge in [0.15, 0.2) is 0 Å². The molecule has 0 aliphatic heterocycles. The van der Waals surface area contributed by atoms with Gasteiger partial charge in [0, 0.05) is 12.7 Å². The summed E-state index contributed by atoms with van der Waals surface area (Å²) in [6, 6.07) is 6.67. The molecular weight excluding hydrogens is 208 g/mol. The maximum absolute atomic E-state index is 11.5. The monoisotopic (exact) mass is 222 g/mol. The molecule has 0 amide bonds. The number of ether oxygens (including phenoxy) is 2. The summed E-state index contributed by atoms with van der Waals surface area (Å²) in [6.07, 6.45) is 0. The number of Topliss-reactive ketones (excluding diaryl/α,β-unsaturated/α-hetero) is 1. The molecule has 0 N–H and O–H groups in total. The van der Waals surface area contributed by atoms with Gasteiger partial charge in [-0.1, -0.05) is 24.3 Å². The summed E-state index contributed by atoms with van der Waals surface area (Å²) in [6.45, 7) is 2.34. The van der Waals surface area contributed by atoms with Crippen molar-refractivity contribution in [3.8, 4) is 0 Å². The van der Waals surface area contributed by atoms with Gasteiger partial charge in [-0.3, -0.25) is 4.79 Å². The molecule has 0 aromatic heterocycles. The maximum Gasteiger partial charge on any atom is 0.379 e. The normalized spacial score (nSPS) is 9.88. The second-order valence-electron chi connectivity index (χ2n) is 3.18. The predicted molar refractivity (Wildman–Crippen MR) is 58.1 cm³/mol. The Hall–Kier alpha value is -1.68. The summed E-state index contributed by atoms with van der Waals surface area (Å²) in [5.41, 5.74) is 1.28. The SMILES string of the molecule is CCOC(=O)C(=O)c1ccc(COC)cc1. The zero-order valence-electron chi connectivity index (χ0n) is 9.36. The van der Waals surface area contributed by atoms with Crippen LogP contribution in [0, 0.1) is 0 Å². The highest BCUT2D eigenvalue weighted by Gasteiger charge is 2.16. The first-order chi connectivity index (χ1) is 7.69. The first kappa shape index (κ1) is 12.4. The Kier molecular flexibility index (Phi) is 4.66. The lowest BCUT2D eigenvalue weighted by atomic mass is 10.1. The molecule has 4 nitrogen and oxygen atoms in total. The van der Waals surface area contributed by atoms with Gasteiger partial charge in [0.1, 0.15) is 0 Å². The van der Waals surface area contributed by atoms with E-state index in [1.54, 1.807) is 38.3 Å². The smallest absolute Gasteiger partial charge is 0.379 e. The van der Waals surface area contributed by atoms with E-state index in [1.165, 1.54) is 0 Å². The number of carbonyl (C=O) groups excluding carboxylic acids is 2. The van der Waals surface area contributed by atoms with Gasteiger partial charge in [-0.25, -0.2) is 4.79 Å². The van der Waals surface area contributed by atoms with Crippen LogP contribution in [-0.4, -0.2) is 25.5 Å². The van der Waals surface area contributed by atoms with E-state index in [-0.39, 0.29) is 6.61 Å². The number of hydrogen-bond donors (Lipinski definition) is 0. The molecule has 0 fully saturated rings. The van der Waals surface area contributed by atoms with Crippen LogP contribution in [0.3, 0.4) is 0 Å². The highest BCUT2D eigenvalue weighted by Crippen LogP contribution is 2.07. The standard InChI is InChI=1S/C12H14O4/c1-3-16-12(14)11(13)10-6-4-9(5-7-10)8-15-2/h4-7H,3,8H2,1-2H3. The molecule has 0 unspecified atom stereocenters. The van der Waals surface area contributed by atoms with E-state index in [0.717, 1.165) is 5.56 Å². The average molecular weight is 222 g/mol. The van der Waals surface area contributed by atoms with E-state index in [4.69, 9.17) is 4.74 Å². The zero-order chi connectivity index (χ0) is 12.0. The van der Waals surface area contributed by atoms with Crippen LogP contribution in [0.4, 0.5) is 0 Å². The van der Waals surface area contributed by atoms with Crippen molar-refractivity contribution in [2.24, 2.45) is 0 Å². The van der Waals surface area contributed by atoms with Crippen LogP contribution in [0.5, 0.6) is 0 Å². The predicted octanol–water partition coefficient (Wildman–Crippen LogP) is 1.58. The minimum Gasteiger partial charge on any atom is -0.460 e. The highest BCUT2D eigenvalue weighted by atomic mass is 16.5. The van der Waals surface area contributed by atoms with Crippen molar-refractivity contribution >= 4 is 11.8 Å². The molecule has 0 saturated carbocycles. The lowest BCUT2D eigenvalue weighted by Crippen LogP contribution is -2.17. The quantitative estimate of drug-likeness (QED) is 0.431. The largest absolute Gasteiger partial charge is 0.460 e. The van der Waals surface area contributed by atoms with Crippen molar-refractivity contribution in [1.82, 2.24) is 0 Å². The Morgan fingerprint density at radius 1 is 1.19 bits per heavy atom. The third kappa shape index (κ3) is 3.17. The van der Waals surface area contributed by atoms with Gasteiger partial charge in [0.2, 0.25) is 0 Å². The molecule has 1 aromatic rings. The lowest BCUT2D eigenvalue weighted by Gasteiger charge is -2.02. The average Bonchev–Trinajstić information content (AvgIpc) is 2.30. The minimum atomic E-state index is -0.818. The number of ketones is 1. The van der Waals surface area contributed by atoms with Crippen molar-refractivity contribution in [1.29, 1.82) is 0 Å². The van der Waals surface area contributed by atoms with Crippen molar-refractivity contribution in [2.45, 2.75) is 13.5 Å². The molecule has 1 rings (SSSR count). The number of carbonyl (C=O) groups is 2. The summed E-state index contributed by atoms with van der Waals surface area (Å²) < 4.78 is 9.56. The summed E-state index contributed by atoms with van der Waals surface area (Å²) in [5, 5.41) is 0. The summed E-state index contributed by atoms with van der Waals surface area (Å²) in [5.74, 6) is -1.44. The molecule has 16 heavy (non-hydrogen) atoms. The minimum absolute atomic E-state index is 0.201. The fraction of sp³-hybridized carbons (Fsp3) is 0.333.